The Morgan fingerprint density at radius 2 is 2.00 bits per heavy atom. The van der Waals surface area contributed by atoms with Gasteiger partial charge in [0, 0.05) is 51.5 Å². The standard InChI is InChI=1S/C19H25ClF3N3O2.2ClH/c20-15-2-1-13(9-16(15)21)18-14(10-24-5-8-28-18)11-25-17(27)12-26-6-3-19(22,23)4-7-26;;/h1-2,9,14,18,24H,3-8,10-12H2,(H,25,27);2*1H/t14-,18-;;/m0../s1. The molecule has 2 N–H and O–H groups in total. The number of rotatable bonds is 5. The highest BCUT2D eigenvalue weighted by atomic mass is 35.5. The molecule has 0 aromatic heterocycles. The molecular weight excluding hydrogens is 466 g/mol. The van der Waals surface area contributed by atoms with Crippen molar-refractivity contribution < 1.29 is 22.7 Å². The number of alkyl halides is 2. The van der Waals surface area contributed by atoms with Crippen LogP contribution in [-0.4, -0.2) is 62.6 Å². The van der Waals surface area contributed by atoms with Crippen LogP contribution in [0.1, 0.15) is 24.5 Å². The maximum atomic E-state index is 13.9. The second-order valence-corrected chi connectivity index (χ2v) is 7.77. The van der Waals surface area contributed by atoms with Crippen LogP contribution in [0.4, 0.5) is 13.2 Å². The Balaban J connectivity index is 0.00000225. The molecule has 0 aliphatic carbocycles. The maximum Gasteiger partial charge on any atom is 0.250 e. The van der Waals surface area contributed by atoms with Crippen LogP contribution < -0.4 is 10.6 Å². The fourth-order valence-electron chi connectivity index (χ4n) is 3.57. The van der Waals surface area contributed by atoms with E-state index in [4.69, 9.17) is 16.3 Å². The summed E-state index contributed by atoms with van der Waals surface area (Å²) in [6.45, 7) is 2.59. The van der Waals surface area contributed by atoms with E-state index in [2.05, 4.69) is 10.6 Å². The molecule has 0 radical (unpaired) electrons. The second-order valence-electron chi connectivity index (χ2n) is 7.37. The number of piperidine rings is 1. The normalized spacial score (nSPS) is 24.1. The van der Waals surface area contributed by atoms with E-state index in [0.717, 1.165) is 0 Å². The number of carbonyl (C=O) groups excluding carboxylic acids is 1. The first-order valence-corrected chi connectivity index (χ1v) is 9.86. The summed E-state index contributed by atoms with van der Waals surface area (Å²) in [5.74, 6) is -3.45. The lowest BCUT2D eigenvalue weighted by Crippen LogP contribution is -2.46. The number of nitrogens with one attached hydrogen (secondary N) is 2. The summed E-state index contributed by atoms with van der Waals surface area (Å²) in [4.78, 5) is 14.0. The first-order chi connectivity index (χ1) is 13.3. The highest BCUT2D eigenvalue weighted by Gasteiger charge is 2.34. The molecule has 2 aliphatic rings. The van der Waals surface area contributed by atoms with E-state index >= 15 is 0 Å². The van der Waals surface area contributed by atoms with Gasteiger partial charge in [-0.1, -0.05) is 17.7 Å². The Hall–Kier alpha value is -0.770. The van der Waals surface area contributed by atoms with Crippen LogP contribution in [0.2, 0.25) is 5.02 Å². The van der Waals surface area contributed by atoms with Gasteiger partial charge in [-0.05, 0) is 17.7 Å². The van der Waals surface area contributed by atoms with Crippen molar-refractivity contribution in [2.24, 2.45) is 5.92 Å². The van der Waals surface area contributed by atoms with Gasteiger partial charge >= 0.3 is 0 Å². The lowest BCUT2D eigenvalue weighted by molar-refractivity contribution is -0.124. The lowest BCUT2D eigenvalue weighted by Gasteiger charge is -2.31. The second kappa shape index (κ2) is 12.3. The summed E-state index contributed by atoms with van der Waals surface area (Å²) in [7, 11) is 0. The lowest BCUT2D eigenvalue weighted by atomic mass is 9.95. The summed E-state index contributed by atoms with van der Waals surface area (Å²) >= 11 is 5.76. The molecule has 1 amide bonds. The minimum atomic E-state index is -2.63. The zero-order valence-electron chi connectivity index (χ0n) is 16.3. The van der Waals surface area contributed by atoms with Crippen molar-refractivity contribution >= 4 is 42.3 Å². The highest BCUT2D eigenvalue weighted by Crippen LogP contribution is 2.30. The molecule has 0 saturated carbocycles. The van der Waals surface area contributed by atoms with Gasteiger partial charge in [-0.15, -0.1) is 24.8 Å². The van der Waals surface area contributed by atoms with Gasteiger partial charge in [0.2, 0.25) is 5.91 Å². The molecule has 0 spiro atoms. The van der Waals surface area contributed by atoms with Gasteiger partial charge in [0.1, 0.15) is 5.82 Å². The largest absolute Gasteiger partial charge is 0.372 e. The fraction of sp³-hybridized carbons (Fsp3) is 0.632. The zero-order valence-corrected chi connectivity index (χ0v) is 18.7. The van der Waals surface area contributed by atoms with Crippen molar-refractivity contribution in [3.05, 3.63) is 34.6 Å². The van der Waals surface area contributed by atoms with E-state index in [1.54, 1.807) is 11.0 Å². The average Bonchev–Trinajstić information content (AvgIpc) is 2.89. The number of carbonyl (C=O) groups is 1. The minimum Gasteiger partial charge on any atom is -0.372 e. The smallest absolute Gasteiger partial charge is 0.250 e. The van der Waals surface area contributed by atoms with Crippen LogP contribution in [0.15, 0.2) is 18.2 Å². The van der Waals surface area contributed by atoms with Crippen LogP contribution in [0.5, 0.6) is 0 Å². The molecule has 11 heteroatoms. The molecular formula is C19H27Cl3F3N3O2. The van der Waals surface area contributed by atoms with Crippen molar-refractivity contribution in [2.45, 2.75) is 24.9 Å². The molecule has 0 bridgehead atoms. The molecule has 2 aliphatic heterocycles. The summed E-state index contributed by atoms with van der Waals surface area (Å²) in [5.41, 5.74) is 0.670. The predicted octanol–water partition coefficient (Wildman–Crippen LogP) is 3.45. The number of benzene rings is 1. The highest BCUT2D eigenvalue weighted by molar-refractivity contribution is 6.30. The number of amides is 1. The topological polar surface area (TPSA) is 53.6 Å². The van der Waals surface area contributed by atoms with Crippen molar-refractivity contribution in [2.75, 3.05) is 45.9 Å². The first kappa shape index (κ1) is 27.3. The number of nitrogens with zero attached hydrogens (tertiary/aromatic N) is 1. The third-order valence-electron chi connectivity index (χ3n) is 5.20. The zero-order chi connectivity index (χ0) is 20.1. The molecule has 172 valence electrons. The summed E-state index contributed by atoms with van der Waals surface area (Å²) in [6.07, 6.45) is -0.814. The Morgan fingerprint density at radius 3 is 2.67 bits per heavy atom. The molecule has 1 aromatic rings. The maximum absolute atomic E-state index is 13.9. The van der Waals surface area contributed by atoms with E-state index in [-0.39, 0.29) is 80.2 Å². The van der Waals surface area contributed by atoms with E-state index in [0.29, 0.717) is 31.8 Å². The molecule has 30 heavy (non-hydrogen) atoms. The van der Waals surface area contributed by atoms with Gasteiger partial charge in [-0.3, -0.25) is 9.69 Å². The van der Waals surface area contributed by atoms with Gasteiger partial charge in [0.25, 0.3) is 5.92 Å². The average molecular weight is 493 g/mol. The fourth-order valence-corrected chi connectivity index (χ4v) is 3.69. The molecule has 2 heterocycles. The minimum absolute atomic E-state index is 0. The van der Waals surface area contributed by atoms with Gasteiger partial charge in [-0.25, -0.2) is 13.2 Å². The van der Waals surface area contributed by atoms with E-state index in [1.807, 2.05) is 0 Å². The number of ether oxygens (including phenoxy) is 1. The number of halogens is 6. The molecule has 2 saturated heterocycles. The molecule has 0 unspecified atom stereocenters. The third-order valence-corrected chi connectivity index (χ3v) is 5.51. The molecule has 2 atom stereocenters. The van der Waals surface area contributed by atoms with Crippen LogP contribution in [0.25, 0.3) is 0 Å². The van der Waals surface area contributed by atoms with Gasteiger partial charge in [0.05, 0.1) is 24.3 Å². The SMILES string of the molecule is Cl.Cl.O=C(CN1CCC(F)(F)CC1)NC[C@@H]1CNCCO[C@H]1c1ccc(Cl)c(F)c1. The third kappa shape index (κ3) is 7.73. The van der Waals surface area contributed by atoms with Crippen LogP contribution in [0, 0.1) is 11.7 Å². The first-order valence-electron chi connectivity index (χ1n) is 9.48. The predicted molar refractivity (Wildman–Crippen MR) is 115 cm³/mol. The summed E-state index contributed by atoms with van der Waals surface area (Å²) in [5, 5.41) is 6.16. The molecule has 3 rings (SSSR count). The van der Waals surface area contributed by atoms with Crippen molar-refractivity contribution in [1.29, 1.82) is 0 Å². The van der Waals surface area contributed by atoms with Crippen LogP contribution >= 0.6 is 36.4 Å². The molecule has 5 nitrogen and oxygen atoms in total. The van der Waals surface area contributed by atoms with E-state index in [9.17, 15) is 18.0 Å². The van der Waals surface area contributed by atoms with E-state index in [1.165, 1.54) is 12.1 Å². The number of hydrogen-bond acceptors (Lipinski definition) is 4. The Labute approximate surface area is 191 Å². The number of hydrogen-bond donors (Lipinski definition) is 2. The van der Waals surface area contributed by atoms with E-state index < -0.39 is 11.7 Å². The van der Waals surface area contributed by atoms with Crippen molar-refractivity contribution in [1.82, 2.24) is 15.5 Å². The quantitative estimate of drug-likeness (QED) is 0.661. The van der Waals surface area contributed by atoms with Gasteiger partial charge < -0.3 is 15.4 Å². The Kier molecular flexibility index (Phi) is 11.2. The van der Waals surface area contributed by atoms with Gasteiger partial charge in [0.15, 0.2) is 0 Å². The monoisotopic (exact) mass is 491 g/mol. The van der Waals surface area contributed by atoms with Crippen LogP contribution in [-0.2, 0) is 9.53 Å². The van der Waals surface area contributed by atoms with Gasteiger partial charge in [-0.2, -0.15) is 0 Å². The molecule has 1 aromatic carbocycles. The van der Waals surface area contributed by atoms with Crippen LogP contribution in [0.3, 0.4) is 0 Å². The van der Waals surface area contributed by atoms with Crippen molar-refractivity contribution in [3.8, 4) is 0 Å². The Bertz CT molecular complexity index is 690. The number of likely N-dealkylation sites (tertiary alicyclic amines) is 1. The Morgan fingerprint density at radius 1 is 1.30 bits per heavy atom. The summed E-state index contributed by atoms with van der Waals surface area (Å²) in [6, 6.07) is 4.58. The molecule has 2 fully saturated rings. The summed E-state index contributed by atoms with van der Waals surface area (Å²) < 4.78 is 46.2. The van der Waals surface area contributed by atoms with Crippen molar-refractivity contribution in [3.63, 3.8) is 0 Å².